The second kappa shape index (κ2) is 9.60. The van der Waals surface area contributed by atoms with Crippen LogP contribution in [-0.2, 0) is 0 Å². The minimum atomic E-state index is 0. The molecule has 0 rings (SSSR count). The van der Waals surface area contributed by atoms with Gasteiger partial charge in [-0.05, 0) is 5.97 Å². The molecule has 0 aliphatic rings. The average molecular weight is 63.9 g/mol. The van der Waals surface area contributed by atoms with Crippen LogP contribution in [0.4, 0.5) is 0 Å². The van der Waals surface area contributed by atoms with E-state index in [1.165, 1.54) is 7.85 Å². The summed E-state index contributed by atoms with van der Waals surface area (Å²) < 4.78 is 0. The summed E-state index contributed by atoms with van der Waals surface area (Å²) in [5, 5.41) is 7.32. The van der Waals surface area contributed by atoms with Gasteiger partial charge in [-0.3, -0.25) is 0 Å². The Morgan fingerprint density at radius 3 is 2.00 bits per heavy atom. The molecule has 4 heavy (non-hydrogen) atoms. The molecular formula is CH4BNNa+. The summed E-state index contributed by atoms with van der Waals surface area (Å²) >= 11 is 0. The zero-order valence-corrected chi connectivity index (χ0v) is 1.95. The van der Waals surface area contributed by atoms with Crippen LogP contribution < -0.4 is 0 Å². The van der Waals surface area contributed by atoms with E-state index in [-0.39, 0.29) is 31.0 Å². The molecule has 0 saturated heterocycles. The van der Waals surface area contributed by atoms with Gasteiger partial charge in [0.15, 0.2) is 0 Å². The molecule has 16 valence electrons. The van der Waals surface area contributed by atoms with Crippen LogP contribution in [0.3, 0.4) is 0 Å². The van der Waals surface area contributed by atoms with Crippen molar-refractivity contribution in [2.45, 2.75) is 0 Å². The molecule has 0 atom stereocenters. The zero-order chi connectivity index (χ0) is 2.71. The van der Waals surface area contributed by atoms with E-state index >= 15 is 0 Å². The van der Waals surface area contributed by atoms with Crippen molar-refractivity contribution in [1.82, 2.24) is 0 Å². The number of nitriles is 1. The van der Waals surface area contributed by atoms with Gasteiger partial charge in [-0.15, -0.1) is 0 Å². The summed E-state index contributed by atoms with van der Waals surface area (Å²) in [6, 6.07) is 0. The van der Waals surface area contributed by atoms with Gasteiger partial charge < -0.3 is 0 Å². The van der Waals surface area contributed by atoms with E-state index in [2.05, 4.69) is 0 Å². The number of rotatable bonds is 0. The molecule has 0 unspecified atom stereocenters. The molecule has 0 aromatic rings. The Balaban J connectivity index is -0.0000000200. The fourth-order valence-corrected chi connectivity index (χ4v) is 0. The first-order valence-electron chi connectivity index (χ1n) is 0.724. The third kappa shape index (κ3) is 20.1. The Hall–Kier alpha value is 0.555. The van der Waals surface area contributed by atoms with Crippen molar-refractivity contribution in [2.24, 2.45) is 0 Å². The number of hydrogen-bond donors (Lipinski definition) is 0. The van der Waals surface area contributed by atoms with Crippen LogP contribution in [0.5, 0.6) is 0 Å². The van der Waals surface area contributed by atoms with Crippen LogP contribution in [0, 0.1) is 11.2 Å². The van der Waals surface area contributed by atoms with Crippen LogP contribution in [-0.4, -0.2) is 37.4 Å². The monoisotopic (exact) mass is 64.0 g/mol. The van der Waals surface area contributed by atoms with Crippen molar-refractivity contribution in [3.8, 4) is 5.97 Å². The minimum absolute atomic E-state index is 0. The van der Waals surface area contributed by atoms with Crippen molar-refractivity contribution in [1.29, 1.82) is 5.26 Å². The first-order chi connectivity index (χ1) is 1.41. The van der Waals surface area contributed by atoms with Gasteiger partial charge in [-0.25, -0.2) is 5.26 Å². The Morgan fingerprint density at radius 2 is 2.00 bits per heavy atom. The summed E-state index contributed by atoms with van der Waals surface area (Å²) in [6.07, 6.45) is 0. The molecule has 0 aromatic heterocycles. The Kier molecular flexibility index (Phi) is 21.2. The first kappa shape index (κ1) is 8.82. The summed E-state index contributed by atoms with van der Waals surface area (Å²) in [7, 11) is 1.43. The zero-order valence-electron chi connectivity index (χ0n) is 2.95. The van der Waals surface area contributed by atoms with Crippen molar-refractivity contribution < 1.29 is 1.43 Å². The third-order valence-electron chi connectivity index (χ3n) is 0. The standard InChI is InChI=1S/CH2BN.Na.H/c2-1-3;;/h2H2;;/p+1. The van der Waals surface area contributed by atoms with E-state index in [0.29, 0.717) is 0 Å². The molecule has 0 amide bonds. The van der Waals surface area contributed by atoms with E-state index in [1.807, 2.05) is 0 Å². The molecule has 0 saturated carbocycles. The summed E-state index contributed by atoms with van der Waals surface area (Å²) in [5.74, 6) is 1.75. The van der Waals surface area contributed by atoms with E-state index in [9.17, 15) is 0 Å². The SMILES string of the molecule is BC#N.[H+].[NaH]. The molecule has 0 heterocycles. The normalized spacial score (nSPS) is 1.75. The van der Waals surface area contributed by atoms with Gasteiger partial charge in [0.25, 0.3) is 0 Å². The molecule has 0 aromatic carbocycles. The van der Waals surface area contributed by atoms with Gasteiger partial charge in [0.1, 0.15) is 0 Å². The fraction of sp³-hybridized carbons (Fsp3) is 0. The summed E-state index contributed by atoms with van der Waals surface area (Å²) in [6.45, 7) is 0. The van der Waals surface area contributed by atoms with Crippen molar-refractivity contribution in [2.75, 3.05) is 0 Å². The predicted octanol–water partition coefficient (Wildman–Crippen LogP) is -1.44. The van der Waals surface area contributed by atoms with E-state index < -0.39 is 0 Å². The van der Waals surface area contributed by atoms with Crippen LogP contribution in [0.15, 0.2) is 0 Å². The maximum atomic E-state index is 7.32. The van der Waals surface area contributed by atoms with Gasteiger partial charge >= 0.3 is 31.0 Å². The van der Waals surface area contributed by atoms with Gasteiger partial charge in [0.2, 0.25) is 7.85 Å². The van der Waals surface area contributed by atoms with Gasteiger partial charge in [-0.2, -0.15) is 0 Å². The molecule has 1 nitrogen and oxygen atoms in total. The van der Waals surface area contributed by atoms with E-state index in [0.717, 1.165) is 0 Å². The summed E-state index contributed by atoms with van der Waals surface area (Å²) in [4.78, 5) is 0. The second-order valence-electron chi connectivity index (χ2n) is 0.224. The van der Waals surface area contributed by atoms with Gasteiger partial charge in [0.05, 0.1) is 0 Å². The molecule has 0 aliphatic heterocycles. The Labute approximate surface area is 50.2 Å². The fourth-order valence-electron chi connectivity index (χ4n) is 0. The third-order valence-corrected chi connectivity index (χ3v) is 0. The molecule has 0 N–H and O–H groups in total. The van der Waals surface area contributed by atoms with Crippen molar-refractivity contribution in [3.63, 3.8) is 0 Å². The van der Waals surface area contributed by atoms with E-state index in [4.69, 9.17) is 5.26 Å². The predicted molar refractivity (Wildman–Crippen MR) is 22.4 cm³/mol. The number of hydrogen-bond acceptors (Lipinski definition) is 1. The average Bonchev–Trinajstić information content (AvgIpc) is 0.918. The van der Waals surface area contributed by atoms with Crippen LogP contribution >= 0.6 is 0 Å². The topological polar surface area (TPSA) is 23.8 Å². The Morgan fingerprint density at radius 1 is 2.00 bits per heavy atom. The van der Waals surface area contributed by atoms with E-state index in [1.54, 1.807) is 5.97 Å². The molecule has 3 heteroatoms. The van der Waals surface area contributed by atoms with Gasteiger partial charge in [0, 0.05) is 0 Å². The van der Waals surface area contributed by atoms with Crippen molar-refractivity contribution in [3.05, 3.63) is 0 Å². The van der Waals surface area contributed by atoms with Crippen LogP contribution in [0.25, 0.3) is 0 Å². The molecule has 0 bridgehead atoms. The van der Waals surface area contributed by atoms with Crippen molar-refractivity contribution >= 4 is 37.4 Å². The Bertz CT molecular complexity index is 33.1. The van der Waals surface area contributed by atoms with Crippen LogP contribution in [0.2, 0.25) is 0 Å². The molecule has 0 fully saturated rings. The quantitative estimate of drug-likeness (QED) is 0.316. The number of nitrogens with zero attached hydrogens (tertiary/aromatic N) is 1. The molecule has 0 aliphatic carbocycles. The maximum absolute atomic E-state index is 7.32. The molecular weight excluding hydrogens is 59.8 g/mol. The molecule has 0 radical (unpaired) electrons. The van der Waals surface area contributed by atoms with Crippen LogP contribution in [0.1, 0.15) is 1.43 Å². The first-order valence-corrected chi connectivity index (χ1v) is 0.724. The van der Waals surface area contributed by atoms with Gasteiger partial charge in [-0.1, -0.05) is 0 Å². The summed E-state index contributed by atoms with van der Waals surface area (Å²) in [5.41, 5.74) is 0. The molecule has 0 spiro atoms. The second-order valence-corrected chi connectivity index (χ2v) is 0.224.